The van der Waals surface area contributed by atoms with Gasteiger partial charge in [0.15, 0.2) is 0 Å². The van der Waals surface area contributed by atoms with E-state index in [9.17, 15) is 0 Å². The van der Waals surface area contributed by atoms with Crippen molar-refractivity contribution in [1.82, 2.24) is 10.2 Å². The molecule has 20 heavy (non-hydrogen) atoms. The number of likely N-dealkylation sites (tertiary alicyclic amines) is 1. The Morgan fingerprint density at radius 1 is 1.25 bits per heavy atom. The van der Waals surface area contributed by atoms with Gasteiger partial charge < -0.3 is 9.73 Å². The van der Waals surface area contributed by atoms with Crippen LogP contribution in [-0.4, -0.2) is 23.5 Å². The van der Waals surface area contributed by atoms with Gasteiger partial charge in [-0.15, -0.1) is 0 Å². The third-order valence-corrected chi connectivity index (χ3v) is 4.78. The van der Waals surface area contributed by atoms with Gasteiger partial charge in [-0.25, -0.2) is 0 Å². The minimum atomic E-state index is 0.691. The smallest absolute Gasteiger partial charge is 0.118 e. The Labute approximate surface area is 122 Å². The maximum absolute atomic E-state index is 5.98. The van der Waals surface area contributed by atoms with Crippen LogP contribution >= 0.6 is 0 Å². The molecular weight excluding hydrogens is 248 g/mol. The minimum Gasteiger partial charge on any atom is -0.465 e. The van der Waals surface area contributed by atoms with Gasteiger partial charge in [0.05, 0.1) is 6.54 Å². The highest BCUT2D eigenvalue weighted by Crippen LogP contribution is 2.23. The van der Waals surface area contributed by atoms with Crippen molar-refractivity contribution in [1.29, 1.82) is 0 Å². The Kier molecular flexibility index (Phi) is 4.47. The number of hydrogen-bond acceptors (Lipinski definition) is 3. The maximum Gasteiger partial charge on any atom is 0.118 e. The highest BCUT2D eigenvalue weighted by Gasteiger charge is 2.22. The summed E-state index contributed by atoms with van der Waals surface area (Å²) in [5.41, 5.74) is 1.34. The molecule has 1 unspecified atom stereocenters. The highest BCUT2D eigenvalue weighted by atomic mass is 16.3. The zero-order valence-electron chi connectivity index (χ0n) is 13.0. The van der Waals surface area contributed by atoms with Crippen LogP contribution in [0.4, 0.5) is 0 Å². The molecular formula is C17H28N2O. The molecule has 2 fully saturated rings. The number of hydrogen-bond donors (Lipinski definition) is 1. The van der Waals surface area contributed by atoms with Crippen LogP contribution in [0.1, 0.15) is 62.5 Å². The first-order valence-electron chi connectivity index (χ1n) is 8.28. The minimum absolute atomic E-state index is 0.691. The molecule has 2 aliphatic rings. The molecule has 0 aromatic carbocycles. The molecule has 1 aliphatic heterocycles. The van der Waals surface area contributed by atoms with Crippen molar-refractivity contribution in [3.63, 3.8) is 0 Å². The van der Waals surface area contributed by atoms with Crippen molar-refractivity contribution in [2.24, 2.45) is 0 Å². The van der Waals surface area contributed by atoms with Crippen molar-refractivity contribution in [2.45, 2.75) is 77.5 Å². The van der Waals surface area contributed by atoms with Crippen molar-refractivity contribution in [2.75, 3.05) is 6.54 Å². The summed E-state index contributed by atoms with van der Waals surface area (Å²) >= 11 is 0. The summed E-state index contributed by atoms with van der Waals surface area (Å²) in [5, 5.41) is 3.58. The zero-order chi connectivity index (χ0) is 13.9. The molecule has 0 spiro atoms. The zero-order valence-corrected chi connectivity index (χ0v) is 13.0. The summed E-state index contributed by atoms with van der Waals surface area (Å²) in [4.78, 5) is 2.59. The van der Waals surface area contributed by atoms with E-state index in [4.69, 9.17) is 4.42 Å². The molecule has 0 bridgehead atoms. The van der Waals surface area contributed by atoms with Crippen molar-refractivity contribution < 1.29 is 4.42 Å². The SMILES string of the molecule is Cc1oc(CN2CCCCCC2C)cc1CNC1CC1. The Morgan fingerprint density at radius 3 is 2.90 bits per heavy atom. The van der Waals surface area contributed by atoms with E-state index in [0.717, 1.165) is 30.7 Å². The Hall–Kier alpha value is -0.800. The van der Waals surface area contributed by atoms with Crippen LogP contribution in [0.3, 0.4) is 0 Å². The fourth-order valence-electron chi connectivity index (χ4n) is 3.15. The van der Waals surface area contributed by atoms with E-state index in [2.05, 4.69) is 30.1 Å². The van der Waals surface area contributed by atoms with Crippen LogP contribution in [-0.2, 0) is 13.1 Å². The number of nitrogens with one attached hydrogen (secondary N) is 1. The molecule has 1 saturated heterocycles. The fourth-order valence-corrected chi connectivity index (χ4v) is 3.15. The lowest BCUT2D eigenvalue weighted by atomic mass is 10.1. The molecule has 1 atom stereocenters. The van der Waals surface area contributed by atoms with Gasteiger partial charge in [0.2, 0.25) is 0 Å². The quantitative estimate of drug-likeness (QED) is 0.890. The van der Waals surface area contributed by atoms with E-state index < -0.39 is 0 Å². The normalized spacial score (nSPS) is 24.8. The molecule has 1 saturated carbocycles. The Balaban J connectivity index is 1.59. The van der Waals surface area contributed by atoms with Gasteiger partial charge in [0.25, 0.3) is 0 Å². The lowest BCUT2D eigenvalue weighted by Crippen LogP contribution is -2.31. The van der Waals surface area contributed by atoms with Gasteiger partial charge in [-0.05, 0) is 52.1 Å². The van der Waals surface area contributed by atoms with Crippen LogP contribution in [0.2, 0.25) is 0 Å². The molecule has 0 amide bonds. The maximum atomic E-state index is 5.98. The molecule has 3 nitrogen and oxygen atoms in total. The van der Waals surface area contributed by atoms with Crippen molar-refractivity contribution in [3.8, 4) is 0 Å². The van der Waals surface area contributed by atoms with Gasteiger partial charge >= 0.3 is 0 Å². The summed E-state index contributed by atoms with van der Waals surface area (Å²) in [6.45, 7) is 7.62. The first kappa shape index (κ1) is 14.2. The second-order valence-corrected chi connectivity index (χ2v) is 6.62. The third kappa shape index (κ3) is 3.64. The molecule has 1 N–H and O–H groups in total. The number of nitrogens with zero attached hydrogens (tertiary/aromatic N) is 1. The molecule has 112 valence electrons. The number of furan rings is 1. The lowest BCUT2D eigenvalue weighted by Gasteiger charge is -2.25. The predicted octanol–water partition coefficient (Wildman–Crippen LogP) is 3.60. The van der Waals surface area contributed by atoms with Crippen LogP contribution in [0.25, 0.3) is 0 Å². The van der Waals surface area contributed by atoms with Crippen LogP contribution < -0.4 is 5.32 Å². The largest absolute Gasteiger partial charge is 0.465 e. The lowest BCUT2D eigenvalue weighted by molar-refractivity contribution is 0.188. The molecule has 3 heteroatoms. The van der Waals surface area contributed by atoms with E-state index in [1.165, 1.54) is 50.6 Å². The summed E-state index contributed by atoms with van der Waals surface area (Å²) in [6, 6.07) is 3.72. The molecule has 0 radical (unpaired) electrons. The van der Waals surface area contributed by atoms with Gasteiger partial charge in [0.1, 0.15) is 11.5 Å². The highest BCUT2D eigenvalue weighted by molar-refractivity contribution is 5.21. The van der Waals surface area contributed by atoms with Gasteiger partial charge in [-0.1, -0.05) is 12.8 Å². The number of aryl methyl sites for hydroxylation is 1. The topological polar surface area (TPSA) is 28.4 Å². The van der Waals surface area contributed by atoms with Crippen LogP contribution in [0, 0.1) is 6.92 Å². The fraction of sp³-hybridized carbons (Fsp3) is 0.765. The average Bonchev–Trinajstić information content (AvgIpc) is 3.20. The van der Waals surface area contributed by atoms with E-state index in [0.29, 0.717) is 6.04 Å². The second-order valence-electron chi connectivity index (χ2n) is 6.62. The van der Waals surface area contributed by atoms with Crippen LogP contribution in [0.5, 0.6) is 0 Å². The average molecular weight is 276 g/mol. The van der Waals surface area contributed by atoms with Gasteiger partial charge in [0, 0.05) is 24.2 Å². The summed E-state index contributed by atoms with van der Waals surface area (Å²) < 4.78 is 5.98. The number of rotatable bonds is 5. The standard InChI is InChI=1S/C17H28N2O/c1-13-6-4-3-5-9-19(13)12-17-10-15(14(2)20-17)11-18-16-7-8-16/h10,13,16,18H,3-9,11-12H2,1-2H3. The predicted molar refractivity (Wildman–Crippen MR) is 81.6 cm³/mol. The van der Waals surface area contributed by atoms with Crippen LogP contribution in [0.15, 0.2) is 10.5 Å². The summed E-state index contributed by atoms with van der Waals surface area (Å²) in [7, 11) is 0. The summed E-state index contributed by atoms with van der Waals surface area (Å²) in [6.07, 6.45) is 8.11. The van der Waals surface area contributed by atoms with E-state index in [1.807, 2.05) is 0 Å². The van der Waals surface area contributed by atoms with Gasteiger partial charge in [-0.2, -0.15) is 0 Å². The summed E-state index contributed by atoms with van der Waals surface area (Å²) in [5.74, 6) is 2.24. The van der Waals surface area contributed by atoms with Crippen molar-refractivity contribution >= 4 is 0 Å². The van der Waals surface area contributed by atoms with E-state index in [1.54, 1.807) is 0 Å². The first-order valence-corrected chi connectivity index (χ1v) is 8.28. The van der Waals surface area contributed by atoms with Gasteiger partial charge in [-0.3, -0.25) is 4.90 Å². The molecule has 1 aliphatic carbocycles. The molecule has 3 rings (SSSR count). The molecule has 1 aromatic heterocycles. The second kappa shape index (κ2) is 6.31. The monoisotopic (exact) mass is 276 g/mol. The van der Waals surface area contributed by atoms with Crippen molar-refractivity contribution in [3.05, 3.63) is 23.2 Å². The van der Waals surface area contributed by atoms with E-state index >= 15 is 0 Å². The third-order valence-electron chi connectivity index (χ3n) is 4.78. The Bertz CT molecular complexity index is 436. The molecule has 1 aromatic rings. The molecule has 2 heterocycles. The first-order chi connectivity index (χ1) is 9.72. The Morgan fingerprint density at radius 2 is 2.10 bits per heavy atom. The van der Waals surface area contributed by atoms with E-state index in [-0.39, 0.29) is 0 Å².